The van der Waals surface area contributed by atoms with Gasteiger partial charge in [-0.15, -0.1) is 0 Å². The highest BCUT2D eigenvalue weighted by Gasteiger charge is 2.31. The van der Waals surface area contributed by atoms with E-state index in [1.807, 2.05) is 0 Å². The predicted octanol–water partition coefficient (Wildman–Crippen LogP) is 5.32. The van der Waals surface area contributed by atoms with Crippen molar-refractivity contribution < 1.29 is 18.0 Å². The largest absolute Gasteiger partial charge is 0.416 e. The third kappa shape index (κ3) is 4.19. The van der Waals surface area contributed by atoms with Gasteiger partial charge in [0.05, 0.1) is 11.3 Å². The van der Waals surface area contributed by atoms with E-state index in [9.17, 15) is 18.0 Å². The highest BCUT2D eigenvalue weighted by atomic mass is 127. The summed E-state index contributed by atoms with van der Waals surface area (Å²) in [5, 5.41) is 2.47. The molecule has 2 aromatic rings. The summed E-state index contributed by atoms with van der Waals surface area (Å²) in [6.45, 7) is 0. The van der Waals surface area contributed by atoms with Gasteiger partial charge in [-0.3, -0.25) is 4.79 Å². The second-order valence-corrected chi connectivity index (χ2v) is 6.25. The lowest BCUT2D eigenvalue weighted by atomic mass is 10.1. The number of carbonyl (C=O) groups excluding carboxylic acids is 1. The van der Waals surface area contributed by atoms with Gasteiger partial charge in [-0.05, 0) is 81.0 Å². The summed E-state index contributed by atoms with van der Waals surface area (Å²) in [4.78, 5) is 12.0. The van der Waals surface area contributed by atoms with Crippen LogP contribution in [0.25, 0.3) is 0 Å². The minimum Gasteiger partial charge on any atom is -0.321 e. The Morgan fingerprint density at radius 3 is 2.29 bits per heavy atom. The first-order valence-corrected chi connectivity index (χ1v) is 7.58. The van der Waals surface area contributed by atoms with Crippen molar-refractivity contribution in [1.29, 1.82) is 0 Å². The first-order valence-electron chi connectivity index (χ1n) is 5.71. The van der Waals surface area contributed by atoms with Crippen LogP contribution in [0, 0.1) is 3.57 Å². The molecule has 7 heteroatoms. The van der Waals surface area contributed by atoms with E-state index in [-0.39, 0.29) is 5.69 Å². The smallest absolute Gasteiger partial charge is 0.321 e. The fourth-order valence-corrected chi connectivity index (χ4v) is 2.30. The second-order valence-electron chi connectivity index (χ2n) is 4.15. The van der Waals surface area contributed by atoms with E-state index in [0.717, 1.165) is 15.7 Å². The molecular formula is C14H8BrF3INO. The normalized spacial score (nSPS) is 11.3. The van der Waals surface area contributed by atoms with Crippen LogP contribution in [0.4, 0.5) is 18.9 Å². The Balaban J connectivity index is 2.26. The average Bonchev–Trinajstić information content (AvgIpc) is 2.40. The molecule has 110 valence electrons. The zero-order valence-electron chi connectivity index (χ0n) is 10.3. The number of benzene rings is 2. The molecule has 2 nitrogen and oxygen atoms in total. The maximum absolute atomic E-state index is 12.7. The van der Waals surface area contributed by atoms with Gasteiger partial charge in [-0.25, -0.2) is 0 Å². The minimum absolute atomic E-state index is 0.0772. The molecule has 0 unspecified atom stereocenters. The molecule has 2 rings (SSSR count). The van der Waals surface area contributed by atoms with Crippen LogP contribution in [0.2, 0.25) is 0 Å². The summed E-state index contributed by atoms with van der Waals surface area (Å²) in [6.07, 6.45) is -4.46. The van der Waals surface area contributed by atoms with Crippen molar-refractivity contribution in [2.24, 2.45) is 0 Å². The molecule has 0 aliphatic heterocycles. The number of hydrogen-bond donors (Lipinski definition) is 1. The molecule has 0 fully saturated rings. The van der Waals surface area contributed by atoms with Gasteiger partial charge in [0.1, 0.15) is 0 Å². The SMILES string of the molecule is O=C(Nc1cc(C(F)(F)F)ccc1Br)c1ccc(I)cc1. The van der Waals surface area contributed by atoms with Gasteiger partial charge in [0, 0.05) is 13.6 Å². The van der Waals surface area contributed by atoms with Gasteiger partial charge in [0.15, 0.2) is 0 Å². The number of amides is 1. The average molecular weight is 470 g/mol. The van der Waals surface area contributed by atoms with Crippen LogP contribution in [0.1, 0.15) is 15.9 Å². The topological polar surface area (TPSA) is 29.1 Å². The van der Waals surface area contributed by atoms with E-state index in [4.69, 9.17) is 0 Å². The van der Waals surface area contributed by atoms with Crippen LogP contribution in [-0.2, 0) is 6.18 Å². The Morgan fingerprint density at radius 2 is 1.71 bits per heavy atom. The van der Waals surface area contributed by atoms with Crippen LogP contribution in [0.5, 0.6) is 0 Å². The monoisotopic (exact) mass is 469 g/mol. The lowest BCUT2D eigenvalue weighted by molar-refractivity contribution is -0.137. The van der Waals surface area contributed by atoms with Crippen molar-refractivity contribution in [3.05, 3.63) is 61.6 Å². The Kier molecular flexibility index (Phi) is 4.92. The van der Waals surface area contributed by atoms with Crippen molar-refractivity contribution >= 4 is 50.1 Å². The molecule has 0 radical (unpaired) electrons. The number of anilines is 1. The lowest BCUT2D eigenvalue weighted by Gasteiger charge is -2.12. The van der Waals surface area contributed by atoms with Gasteiger partial charge in [-0.1, -0.05) is 0 Å². The summed E-state index contributed by atoms with van der Waals surface area (Å²) in [5.41, 5.74) is -0.364. The van der Waals surface area contributed by atoms with Crippen molar-refractivity contribution in [1.82, 2.24) is 0 Å². The van der Waals surface area contributed by atoms with E-state index < -0.39 is 17.6 Å². The zero-order chi connectivity index (χ0) is 15.6. The molecule has 0 bridgehead atoms. The highest BCUT2D eigenvalue weighted by molar-refractivity contribution is 14.1. The highest BCUT2D eigenvalue weighted by Crippen LogP contribution is 2.34. The fourth-order valence-electron chi connectivity index (χ4n) is 1.59. The number of hydrogen-bond acceptors (Lipinski definition) is 1. The van der Waals surface area contributed by atoms with Gasteiger partial charge in [0.2, 0.25) is 0 Å². The Bertz CT molecular complexity index is 671. The molecule has 0 aromatic heterocycles. The number of carbonyl (C=O) groups is 1. The van der Waals surface area contributed by atoms with E-state index in [0.29, 0.717) is 10.0 Å². The molecule has 0 aliphatic carbocycles. The molecule has 0 aliphatic rings. The molecular weight excluding hydrogens is 462 g/mol. The van der Waals surface area contributed by atoms with Gasteiger partial charge in [-0.2, -0.15) is 13.2 Å². The van der Waals surface area contributed by atoms with Crippen LogP contribution >= 0.6 is 38.5 Å². The number of alkyl halides is 3. The zero-order valence-corrected chi connectivity index (χ0v) is 14.1. The van der Waals surface area contributed by atoms with Crippen LogP contribution < -0.4 is 5.32 Å². The van der Waals surface area contributed by atoms with Crippen LogP contribution in [0.3, 0.4) is 0 Å². The van der Waals surface area contributed by atoms with Gasteiger partial charge < -0.3 is 5.32 Å². The number of halogens is 5. The van der Waals surface area contributed by atoms with Crippen molar-refractivity contribution in [3.63, 3.8) is 0 Å². The molecule has 2 aromatic carbocycles. The Labute approximate surface area is 141 Å². The summed E-state index contributed by atoms with van der Waals surface area (Å²) in [6, 6.07) is 9.82. The third-order valence-corrected chi connectivity index (χ3v) is 4.06. The van der Waals surface area contributed by atoms with Crippen molar-refractivity contribution in [2.75, 3.05) is 5.32 Å². The number of rotatable bonds is 2. The summed E-state index contributed by atoms with van der Waals surface area (Å²) >= 11 is 5.22. The first kappa shape index (κ1) is 16.3. The molecule has 0 spiro atoms. The Morgan fingerprint density at radius 1 is 1.10 bits per heavy atom. The molecule has 1 amide bonds. The van der Waals surface area contributed by atoms with E-state index in [2.05, 4.69) is 43.8 Å². The predicted molar refractivity (Wildman–Crippen MR) is 86.3 cm³/mol. The van der Waals surface area contributed by atoms with E-state index in [1.54, 1.807) is 24.3 Å². The lowest BCUT2D eigenvalue weighted by Crippen LogP contribution is -2.13. The van der Waals surface area contributed by atoms with E-state index in [1.165, 1.54) is 6.07 Å². The maximum atomic E-state index is 12.7. The standard InChI is InChI=1S/C14H8BrF3INO/c15-11-6-3-9(14(16,17)18)7-12(11)20-13(21)8-1-4-10(19)5-2-8/h1-7H,(H,20,21). The third-order valence-electron chi connectivity index (χ3n) is 2.65. The summed E-state index contributed by atoms with van der Waals surface area (Å²) in [7, 11) is 0. The number of nitrogens with one attached hydrogen (secondary N) is 1. The van der Waals surface area contributed by atoms with E-state index >= 15 is 0 Å². The van der Waals surface area contributed by atoms with Gasteiger partial charge >= 0.3 is 6.18 Å². The molecule has 0 saturated carbocycles. The molecule has 0 saturated heterocycles. The summed E-state index contributed by atoms with van der Waals surface area (Å²) < 4.78 is 39.4. The van der Waals surface area contributed by atoms with Crippen molar-refractivity contribution in [3.8, 4) is 0 Å². The second kappa shape index (κ2) is 6.35. The molecule has 0 atom stereocenters. The van der Waals surface area contributed by atoms with Crippen LogP contribution in [0.15, 0.2) is 46.9 Å². The quantitative estimate of drug-likeness (QED) is 0.592. The fraction of sp³-hybridized carbons (Fsp3) is 0.0714. The van der Waals surface area contributed by atoms with Crippen LogP contribution in [-0.4, -0.2) is 5.91 Å². The summed E-state index contributed by atoms with van der Waals surface area (Å²) in [5.74, 6) is -0.466. The maximum Gasteiger partial charge on any atom is 0.416 e. The minimum atomic E-state index is -4.46. The Hall–Kier alpha value is -1.09. The van der Waals surface area contributed by atoms with Crippen molar-refractivity contribution in [2.45, 2.75) is 6.18 Å². The van der Waals surface area contributed by atoms with Gasteiger partial charge in [0.25, 0.3) is 5.91 Å². The molecule has 1 N–H and O–H groups in total. The molecule has 0 heterocycles. The molecule has 21 heavy (non-hydrogen) atoms. The first-order chi connectivity index (χ1) is 9.77.